The number of nitrogens with one attached hydrogen (secondary N) is 1. The fourth-order valence-electron chi connectivity index (χ4n) is 2.18. The molecule has 0 radical (unpaired) electrons. The van der Waals surface area contributed by atoms with E-state index < -0.39 is 0 Å². The van der Waals surface area contributed by atoms with E-state index in [9.17, 15) is 4.79 Å². The van der Waals surface area contributed by atoms with E-state index in [1.807, 2.05) is 16.8 Å². The largest absolute Gasteiger partial charge is 0.381 e. The minimum absolute atomic E-state index is 0.0113. The molecule has 0 unspecified atom stereocenters. The van der Waals surface area contributed by atoms with Gasteiger partial charge in [0.1, 0.15) is 0 Å². The van der Waals surface area contributed by atoms with Gasteiger partial charge in [-0.25, -0.2) is 0 Å². The maximum atomic E-state index is 11.8. The molecule has 0 spiro atoms. The van der Waals surface area contributed by atoms with Gasteiger partial charge in [0, 0.05) is 42.9 Å². The number of aromatic nitrogens is 2. The van der Waals surface area contributed by atoms with Gasteiger partial charge in [-0.1, -0.05) is 5.16 Å². The van der Waals surface area contributed by atoms with E-state index in [0.717, 1.165) is 25.2 Å². The van der Waals surface area contributed by atoms with Gasteiger partial charge >= 0.3 is 0 Å². The summed E-state index contributed by atoms with van der Waals surface area (Å²) in [5, 5.41) is 10.8. The Morgan fingerprint density at radius 1 is 1.52 bits per heavy atom. The van der Waals surface area contributed by atoms with Gasteiger partial charge in [-0.15, -0.1) is 0 Å². The molecule has 0 aromatic carbocycles. The molecule has 1 N–H and O–H groups in total. The van der Waals surface area contributed by atoms with Crippen molar-refractivity contribution in [3.63, 3.8) is 0 Å². The van der Waals surface area contributed by atoms with Crippen LogP contribution in [-0.2, 0) is 16.0 Å². The van der Waals surface area contributed by atoms with Gasteiger partial charge in [-0.2, -0.15) is 16.3 Å². The van der Waals surface area contributed by atoms with Crippen molar-refractivity contribution in [2.75, 3.05) is 19.8 Å². The molecule has 1 aliphatic rings. The van der Waals surface area contributed by atoms with Crippen molar-refractivity contribution in [1.29, 1.82) is 0 Å². The Morgan fingerprint density at radius 2 is 2.48 bits per heavy atom. The van der Waals surface area contributed by atoms with E-state index in [4.69, 9.17) is 9.26 Å². The molecule has 3 heterocycles. The highest BCUT2D eigenvalue weighted by Gasteiger charge is 2.16. The molecule has 1 saturated heterocycles. The lowest BCUT2D eigenvalue weighted by Gasteiger charge is -2.08. The summed E-state index contributed by atoms with van der Waals surface area (Å²) in [7, 11) is 0. The minimum Gasteiger partial charge on any atom is -0.381 e. The molecule has 1 amide bonds. The maximum Gasteiger partial charge on any atom is 0.227 e. The molecule has 2 aromatic rings. The van der Waals surface area contributed by atoms with E-state index in [1.54, 1.807) is 11.3 Å². The van der Waals surface area contributed by atoms with E-state index in [1.165, 1.54) is 0 Å². The molecular weight excluding hydrogens is 290 g/mol. The summed E-state index contributed by atoms with van der Waals surface area (Å²) in [6, 6.07) is 1.94. The Labute approximate surface area is 126 Å². The number of hydrogen-bond acceptors (Lipinski definition) is 6. The van der Waals surface area contributed by atoms with Crippen molar-refractivity contribution in [1.82, 2.24) is 15.5 Å². The average Bonchev–Trinajstić information content (AvgIpc) is 3.24. The monoisotopic (exact) mass is 307 g/mol. The third-order valence-electron chi connectivity index (χ3n) is 3.43. The third-order valence-corrected chi connectivity index (χ3v) is 4.11. The molecule has 2 aromatic heterocycles. The van der Waals surface area contributed by atoms with Crippen LogP contribution in [0.15, 0.2) is 21.3 Å². The fraction of sp³-hybridized carbons (Fsp3) is 0.500. The molecule has 112 valence electrons. The van der Waals surface area contributed by atoms with Gasteiger partial charge in [0.15, 0.2) is 0 Å². The fourth-order valence-corrected chi connectivity index (χ4v) is 2.81. The van der Waals surface area contributed by atoms with Crippen LogP contribution < -0.4 is 5.32 Å². The predicted octanol–water partition coefficient (Wildman–Crippen LogP) is 1.88. The molecule has 0 bridgehead atoms. The van der Waals surface area contributed by atoms with Crippen molar-refractivity contribution >= 4 is 17.2 Å². The first-order valence-electron chi connectivity index (χ1n) is 7.01. The molecule has 7 heteroatoms. The molecule has 21 heavy (non-hydrogen) atoms. The summed E-state index contributed by atoms with van der Waals surface area (Å²) in [6.45, 7) is 2.23. The number of ether oxygens (including phenoxy) is 1. The highest BCUT2D eigenvalue weighted by atomic mass is 32.1. The van der Waals surface area contributed by atoms with Crippen LogP contribution in [0.25, 0.3) is 11.4 Å². The smallest absolute Gasteiger partial charge is 0.227 e. The number of thiophene rings is 1. The van der Waals surface area contributed by atoms with E-state index in [0.29, 0.717) is 37.0 Å². The topological polar surface area (TPSA) is 77.2 Å². The van der Waals surface area contributed by atoms with Gasteiger partial charge in [0.2, 0.25) is 17.6 Å². The summed E-state index contributed by atoms with van der Waals surface area (Å²) in [5.41, 5.74) is 0.945. The molecule has 3 rings (SSSR count). The lowest BCUT2D eigenvalue weighted by Crippen LogP contribution is -2.29. The molecule has 0 aliphatic carbocycles. The second-order valence-corrected chi connectivity index (χ2v) is 5.84. The van der Waals surface area contributed by atoms with Crippen LogP contribution in [0, 0.1) is 5.92 Å². The number of aryl methyl sites for hydroxylation is 1. The number of nitrogens with zero attached hydrogens (tertiary/aromatic N) is 2. The zero-order chi connectivity index (χ0) is 14.5. The second-order valence-electron chi connectivity index (χ2n) is 5.06. The molecule has 6 nitrogen and oxygen atoms in total. The quantitative estimate of drug-likeness (QED) is 0.881. The summed E-state index contributed by atoms with van der Waals surface area (Å²) in [5.74, 6) is 1.53. The summed E-state index contributed by atoms with van der Waals surface area (Å²) in [6.07, 6.45) is 1.84. The van der Waals surface area contributed by atoms with Gasteiger partial charge in [-0.3, -0.25) is 4.79 Å². The van der Waals surface area contributed by atoms with Crippen molar-refractivity contribution in [3.05, 3.63) is 22.7 Å². The summed E-state index contributed by atoms with van der Waals surface area (Å²) >= 11 is 1.58. The summed E-state index contributed by atoms with van der Waals surface area (Å²) < 4.78 is 10.4. The highest BCUT2D eigenvalue weighted by Crippen LogP contribution is 2.19. The van der Waals surface area contributed by atoms with E-state index in [-0.39, 0.29) is 5.91 Å². The standard InChI is InChI=1S/C14H17N3O3S/c18-12(15-7-10-3-5-19-8-10)1-2-13-16-14(17-20-13)11-4-6-21-9-11/h4,6,9-10H,1-3,5,7-8H2,(H,15,18)/t10-/m1/s1. The van der Waals surface area contributed by atoms with Crippen LogP contribution >= 0.6 is 11.3 Å². The van der Waals surface area contributed by atoms with Crippen LogP contribution in [0.3, 0.4) is 0 Å². The lowest BCUT2D eigenvalue weighted by molar-refractivity contribution is -0.121. The number of amides is 1. The van der Waals surface area contributed by atoms with E-state index >= 15 is 0 Å². The Morgan fingerprint density at radius 3 is 3.24 bits per heavy atom. The zero-order valence-electron chi connectivity index (χ0n) is 11.6. The molecular formula is C14H17N3O3S. The number of rotatable bonds is 6. The highest BCUT2D eigenvalue weighted by molar-refractivity contribution is 7.08. The average molecular weight is 307 g/mol. The van der Waals surface area contributed by atoms with Crippen LogP contribution in [0.5, 0.6) is 0 Å². The van der Waals surface area contributed by atoms with Gasteiger partial charge in [-0.05, 0) is 17.9 Å². The first kappa shape index (κ1) is 14.2. The molecule has 1 fully saturated rings. The van der Waals surface area contributed by atoms with Crippen molar-refractivity contribution in [2.45, 2.75) is 19.3 Å². The van der Waals surface area contributed by atoms with Crippen LogP contribution in [-0.4, -0.2) is 35.8 Å². The van der Waals surface area contributed by atoms with E-state index in [2.05, 4.69) is 15.5 Å². The van der Waals surface area contributed by atoms with Crippen molar-refractivity contribution < 1.29 is 14.1 Å². The van der Waals surface area contributed by atoms with Crippen LogP contribution in [0.2, 0.25) is 0 Å². The number of hydrogen-bond donors (Lipinski definition) is 1. The first-order chi connectivity index (χ1) is 10.3. The second kappa shape index (κ2) is 6.82. The number of carbonyl (C=O) groups excluding carboxylic acids is 1. The summed E-state index contributed by atoms with van der Waals surface area (Å²) in [4.78, 5) is 16.1. The molecule has 0 saturated carbocycles. The minimum atomic E-state index is 0.0113. The van der Waals surface area contributed by atoms with Crippen molar-refractivity contribution in [3.8, 4) is 11.4 Å². The Hall–Kier alpha value is -1.73. The lowest BCUT2D eigenvalue weighted by atomic mass is 10.1. The normalized spacial score (nSPS) is 18.0. The van der Waals surface area contributed by atoms with Crippen LogP contribution in [0.1, 0.15) is 18.7 Å². The Balaban J connectivity index is 1.43. The van der Waals surface area contributed by atoms with Crippen LogP contribution in [0.4, 0.5) is 0 Å². The molecule has 1 atom stereocenters. The first-order valence-corrected chi connectivity index (χ1v) is 7.95. The Kier molecular flexibility index (Phi) is 4.62. The SMILES string of the molecule is O=C(CCc1nc(-c2ccsc2)no1)NC[C@H]1CCOC1. The van der Waals surface area contributed by atoms with Gasteiger partial charge in [0.05, 0.1) is 6.61 Å². The van der Waals surface area contributed by atoms with Gasteiger partial charge in [0.25, 0.3) is 0 Å². The number of carbonyl (C=O) groups is 1. The predicted molar refractivity (Wildman–Crippen MR) is 77.9 cm³/mol. The van der Waals surface area contributed by atoms with Crippen molar-refractivity contribution in [2.24, 2.45) is 5.92 Å². The third kappa shape index (κ3) is 3.89. The van der Waals surface area contributed by atoms with Gasteiger partial charge < -0.3 is 14.6 Å². The Bertz CT molecular complexity index is 576. The maximum absolute atomic E-state index is 11.8. The zero-order valence-corrected chi connectivity index (χ0v) is 12.4. The molecule has 1 aliphatic heterocycles.